The zero-order valence-electron chi connectivity index (χ0n) is 9.49. The van der Waals surface area contributed by atoms with Gasteiger partial charge in [0.2, 0.25) is 0 Å². The summed E-state index contributed by atoms with van der Waals surface area (Å²) < 4.78 is 5.00. The highest BCUT2D eigenvalue weighted by Crippen LogP contribution is 2.29. The van der Waals surface area contributed by atoms with Gasteiger partial charge in [-0.05, 0) is 23.6 Å². The number of methoxy groups -OCH3 is 1. The van der Waals surface area contributed by atoms with Crippen LogP contribution in [0.1, 0.15) is 24.5 Å². The maximum atomic E-state index is 10.7. The van der Waals surface area contributed by atoms with Crippen LogP contribution in [0.4, 0.5) is 0 Å². The van der Waals surface area contributed by atoms with Crippen LogP contribution in [0.25, 0.3) is 0 Å². The average Bonchev–Trinajstić information content (AvgIpc) is 2.22. The molecule has 1 rings (SSSR count). The second-order valence-corrected chi connectivity index (χ2v) is 3.60. The van der Waals surface area contributed by atoms with E-state index in [2.05, 4.69) is 0 Å². The lowest BCUT2D eigenvalue weighted by Crippen LogP contribution is -2.04. The molecule has 16 heavy (non-hydrogen) atoms. The fourth-order valence-electron chi connectivity index (χ4n) is 1.66. The number of rotatable bonds is 5. The van der Waals surface area contributed by atoms with Crippen molar-refractivity contribution < 1.29 is 19.7 Å². The van der Waals surface area contributed by atoms with Crippen molar-refractivity contribution in [1.29, 1.82) is 0 Å². The van der Waals surface area contributed by atoms with Crippen LogP contribution in [0, 0.1) is 0 Å². The molecule has 0 bridgehead atoms. The third kappa shape index (κ3) is 2.89. The Hall–Kier alpha value is -1.71. The Kier molecular flexibility index (Phi) is 4.17. The molecule has 0 aliphatic carbocycles. The van der Waals surface area contributed by atoms with Crippen LogP contribution in [0.5, 0.6) is 11.5 Å². The van der Waals surface area contributed by atoms with Crippen LogP contribution in [0.3, 0.4) is 0 Å². The molecular formula is C12H16O4. The molecule has 0 atom stereocenters. The van der Waals surface area contributed by atoms with E-state index in [-0.39, 0.29) is 12.2 Å². The zero-order valence-corrected chi connectivity index (χ0v) is 9.49. The largest absolute Gasteiger partial charge is 0.508 e. The van der Waals surface area contributed by atoms with E-state index in [9.17, 15) is 9.90 Å². The molecular weight excluding hydrogens is 208 g/mol. The van der Waals surface area contributed by atoms with Gasteiger partial charge in [-0.1, -0.05) is 13.3 Å². The third-order valence-corrected chi connectivity index (χ3v) is 2.37. The maximum Gasteiger partial charge on any atom is 0.307 e. The van der Waals surface area contributed by atoms with Crippen molar-refractivity contribution in [2.45, 2.75) is 26.2 Å². The summed E-state index contributed by atoms with van der Waals surface area (Å²) in [5.41, 5.74) is 1.32. The van der Waals surface area contributed by atoms with Gasteiger partial charge in [-0.25, -0.2) is 0 Å². The molecule has 0 fully saturated rings. The Morgan fingerprint density at radius 2 is 2.12 bits per heavy atom. The number of carboxylic acids is 1. The SMILES string of the molecule is CCCc1c(O)cc(OC)cc1CC(=O)O. The Labute approximate surface area is 94.5 Å². The van der Waals surface area contributed by atoms with E-state index in [4.69, 9.17) is 9.84 Å². The fraction of sp³-hybridized carbons (Fsp3) is 0.417. The molecule has 0 saturated heterocycles. The van der Waals surface area contributed by atoms with E-state index in [0.29, 0.717) is 23.3 Å². The van der Waals surface area contributed by atoms with Gasteiger partial charge >= 0.3 is 5.97 Å². The van der Waals surface area contributed by atoms with Crippen LogP contribution in [-0.2, 0) is 17.6 Å². The lowest BCUT2D eigenvalue weighted by atomic mass is 9.99. The first-order valence-electron chi connectivity index (χ1n) is 5.19. The van der Waals surface area contributed by atoms with Gasteiger partial charge in [0.15, 0.2) is 0 Å². The number of hydrogen-bond donors (Lipinski definition) is 2. The molecule has 0 saturated carbocycles. The first-order chi connectivity index (χ1) is 7.58. The number of hydrogen-bond acceptors (Lipinski definition) is 3. The first-order valence-corrected chi connectivity index (χ1v) is 5.19. The van der Waals surface area contributed by atoms with E-state index >= 15 is 0 Å². The van der Waals surface area contributed by atoms with Crippen LogP contribution in [0.2, 0.25) is 0 Å². The van der Waals surface area contributed by atoms with Crippen LogP contribution < -0.4 is 4.74 Å². The molecule has 1 aromatic rings. The van der Waals surface area contributed by atoms with Gasteiger partial charge in [-0.3, -0.25) is 4.79 Å². The fourth-order valence-corrected chi connectivity index (χ4v) is 1.66. The molecule has 0 amide bonds. The summed E-state index contributed by atoms with van der Waals surface area (Å²) in [6, 6.07) is 3.18. The van der Waals surface area contributed by atoms with Gasteiger partial charge in [0.1, 0.15) is 11.5 Å². The van der Waals surface area contributed by atoms with Crippen molar-refractivity contribution in [1.82, 2.24) is 0 Å². The van der Waals surface area contributed by atoms with Crippen molar-refractivity contribution in [2.75, 3.05) is 7.11 Å². The van der Waals surface area contributed by atoms with Gasteiger partial charge in [-0.2, -0.15) is 0 Å². The van der Waals surface area contributed by atoms with Gasteiger partial charge in [0.25, 0.3) is 0 Å². The number of aliphatic carboxylic acids is 1. The molecule has 2 N–H and O–H groups in total. The summed E-state index contributed by atoms with van der Waals surface area (Å²) in [6.07, 6.45) is 1.42. The van der Waals surface area contributed by atoms with E-state index in [1.165, 1.54) is 13.2 Å². The predicted molar refractivity (Wildman–Crippen MR) is 60.0 cm³/mol. The normalized spacial score (nSPS) is 10.1. The highest BCUT2D eigenvalue weighted by Gasteiger charge is 2.12. The lowest BCUT2D eigenvalue weighted by Gasteiger charge is -2.11. The number of carbonyl (C=O) groups is 1. The highest BCUT2D eigenvalue weighted by atomic mass is 16.5. The molecule has 0 aliphatic heterocycles. The van der Waals surface area contributed by atoms with E-state index in [0.717, 1.165) is 6.42 Å². The molecule has 0 spiro atoms. The van der Waals surface area contributed by atoms with Gasteiger partial charge in [0, 0.05) is 6.07 Å². The smallest absolute Gasteiger partial charge is 0.307 e. The number of ether oxygens (including phenoxy) is 1. The molecule has 0 radical (unpaired) electrons. The van der Waals surface area contributed by atoms with Crippen LogP contribution in [-0.4, -0.2) is 23.3 Å². The number of phenols is 1. The molecule has 0 heterocycles. The van der Waals surface area contributed by atoms with E-state index in [1.54, 1.807) is 6.07 Å². The van der Waals surface area contributed by atoms with Gasteiger partial charge in [0.05, 0.1) is 13.5 Å². The van der Waals surface area contributed by atoms with Crippen molar-refractivity contribution >= 4 is 5.97 Å². The minimum atomic E-state index is -0.912. The minimum Gasteiger partial charge on any atom is -0.508 e. The van der Waals surface area contributed by atoms with Gasteiger partial charge in [-0.15, -0.1) is 0 Å². The molecule has 4 heteroatoms. The quantitative estimate of drug-likeness (QED) is 0.802. The summed E-state index contributed by atoms with van der Waals surface area (Å²) in [6.45, 7) is 1.98. The van der Waals surface area contributed by atoms with E-state index in [1.807, 2.05) is 6.92 Å². The second-order valence-electron chi connectivity index (χ2n) is 3.60. The highest BCUT2D eigenvalue weighted by molar-refractivity contribution is 5.71. The third-order valence-electron chi connectivity index (χ3n) is 2.37. The zero-order chi connectivity index (χ0) is 12.1. The Bertz CT molecular complexity index is 385. The molecule has 1 aromatic carbocycles. The number of carboxylic acid groups (broad SMARTS) is 1. The maximum absolute atomic E-state index is 10.7. The summed E-state index contributed by atoms with van der Waals surface area (Å²) in [4.78, 5) is 10.7. The first kappa shape index (κ1) is 12.4. The monoisotopic (exact) mass is 224 g/mol. The van der Waals surface area contributed by atoms with E-state index < -0.39 is 5.97 Å². The Balaban J connectivity index is 3.16. The summed E-state index contributed by atoms with van der Waals surface area (Å²) in [5.74, 6) is -0.323. The predicted octanol–water partition coefficient (Wildman–Crippen LogP) is 1.98. The van der Waals surface area contributed by atoms with Crippen molar-refractivity contribution in [3.8, 4) is 11.5 Å². The number of phenolic OH excluding ortho intramolecular Hbond substituents is 1. The Morgan fingerprint density at radius 1 is 1.44 bits per heavy atom. The minimum absolute atomic E-state index is 0.0971. The van der Waals surface area contributed by atoms with Crippen LogP contribution in [0.15, 0.2) is 12.1 Å². The molecule has 0 aromatic heterocycles. The lowest BCUT2D eigenvalue weighted by molar-refractivity contribution is -0.136. The van der Waals surface area contributed by atoms with Crippen molar-refractivity contribution in [3.63, 3.8) is 0 Å². The molecule has 4 nitrogen and oxygen atoms in total. The van der Waals surface area contributed by atoms with Crippen molar-refractivity contribution in [3.05, 3.63) is 23.3 Å². The molecule has 88 valence electrons. The average molecular weight is 224 g/mol. The summed E-state index contributed by atoms with van der Waals surface area (Å²) in [7, 11) is 1.48. The second kappa shape index (κ2) is 5.39. The molecule has 0 aliphatic rings. The van der Waals surface area contributed by atoms with Crippen molar-refractivity contribution in [2.24, 2.45) is 0 Å². The standard InChI is InChI=1S/C12H16O4/c1-3-4-10-8(6-12(14)15)5-9(16-2)7-11(10)13/h5,7,13H,3-4,6H2,1-2H3,(H,14,15). The van der Waals surface area contributed by atoms with Gasteiger partial charge < -0.3 is 14.9 Å². The summed E-state index contributed by atoms with van der Waals surface area (Å²) >= 11 is 0. The topological polar surface area (TPSA) is 66.8 Å². The van der Waals surface area contributed by atoms with Crippen LogP contribution >= 0.6 is 0 Å². The number of aromatic hydroxyl groups is 1. The molecule has 0 unspecified atom stereocenters. The number of benzene rings is 1. The summed E-state index contributed by atoms with van der Waals surface area (Å²) in [5, 5.41) is 18.6. The Morgan fingerprint density at radius 3 is 2.62 bits per heavy atom.